The van der Waals surface area contributed by atoms with E-state index in [4.69, 9.17) is 21.3 Å². The summed E-state index contributed by atoms with van der Waals surface area (Å²) in [6.45, 7) is 2.73. The number of rotatable bonds is 5. The van der Waals surface area contributed by atoms with Gasteiger partial charge in [-0.15, -0.1) is 11.3 Å². The average molecular weight is 527 g/mol. The van der Waals surface area contributed by atoms with E-state index in [1.165, 1.54) is 10.4 Å². The average Bonchev–Trinajstić information content (AvgIpc) is 3.57. The molecule has 5 rings (SSSR count). The van der Waals surface area contributed by atoms with E-state index >= 15 is 0 Å². The van der Waals surface area contributed by atoms with Crippen LogP contribution in [-0.4, -0.2) is 74.4 Å². The van der Waals surface area contributed by atoms with Crippen molar-refractivity contribution in [1.29, 1.82) is 0 Å². The van der Waals surface area contributed by atoms with Crippen LogP contribution in [0.15, 0.2) is 34.5 Å². The fourth-order valence-corrected chi connectivity index (χ4v) is 8.62. The second kappa shape index (κ2) is 9.03. The van der Waals surface area contributed by atoms with Crippen LogP contribution in [0, 0.1) is 0 Å². The fraction of sp³-hybridized carbons (Fsp3) is 0.429. The molecule has 0 unspecified atom stereocenters. The number of amides is 1. The Hall–Kier alpha value is -1.92. The van der Waals surface area contributed by atoms with E-state index in [0.717, 1.165) is 32.4 Å². The van der Waals surface area contributed by atoms with Crippen molar-refractivity contribution in [2.24, 2.45) is 0 Å². The summed E-state index contributed by atoms with van der Waals surface area (Å²) < 4.78 is 34.5. The lowest BCUT2D eigenvalue weighted by Gasteiger charge is -2.37. The molecule has 0 aliphatic carbocycles. The molecule has 3 aromatic rings. The Labute approximate surface area is 205 Å². The van der Waals surface area contributed by atoms with Crippen molar-refractivity contribution < 1.29 is 17.9 Å². The van der Waals surface area contributed by atoms with Crippen LogP contribution in [0.3, 0.4) is 0 Å². The summed E-state index contributed by atoms with van der Waals surface area (Å²) in [7, 11) is -2.09. The maximum Gasteiger partial charge on any atom is 0.253 e. The van der Waals surface area contributed by atoms with Crippen molar-refractivity contribution in [3.8, 4) is 5.75 Å². The molecule has 176 valence electrons. The number of aromatic nitrogens is 1. The number of piperazine rings is 1. The van der Waals surface area contributed by atoms with Crippen LogP contribution < -0.4 is 9.64 Å². The molecule has 2 saturated heterocycles. The first-order valence-electron chi connectivity index (χ1n) is 10.6. The Kier molecular flexibility index (Phi) is 6.25. The second-order valence-electron chi connectivity index (χ2n) is 7.97. The Balaban J connectivity index is 1.26. The summed E-state index contributed by atoms with van der Waals surface area (Å²) in [5, 5.41) is 0.921. The van der Waals surface area contributed by atoms with Gasteiger partial charge >= 0.3 is 0 Å². The number of hydrogen-bond acceptors (Lipinski definition) is 8. The van der Waals surface area contributed by atoms with Crippen LogP contribution in [0.1, 0.15) is 12.8 Å². The molecule has 1 aromatic carbocycles. The van der Waals surface area contributed by atoms with Gasteiger partial charge in [0, 0.05) is 32.7 Å². The first-order valence-corrected chi connectivity index (χ1v) is 14.1. The van der Waals surface area contributed by atoms with Crippen LogP contribution in [0.25, 0.3) is 10.2 Å². The smallest absolute Gasteiger partial charge is 0.253 e. The summed E-state index contributed by atoms with van der Waals surface area (Å²) in [5.74, 6) is 0.682. The number of benzene rings is 1. The number of fused-ring (bicyclic) bond motifs is 1. The Morgan fingerprint density at radius 2 is 1.91 bits per heavy atom. The predicted octanol–water partition coefficient (Wildman–Crippen LogP) is 3.52. The van der Waals surface area contributed by atoms with Gasteiger partial charge < -0.3 is 14.5 Å². The molecule has 0 radical (unpaired) electrons. The highest BCUT2D eigenvalue weighted by Gasteiger charge is 2.42. The number of carbonyl (C=O) groups excluding carboxylic acids is 1. The molecule has 1 amide bonds. The number of hydrogen-bond donors (Lipinski definition) is 0. The van der Waals surface area contributed by atoms with E-state index in [0.29, 0.717) is 49.9 Å². The molecule has 0 bridgehead atoms. The van der Waals surface area contributed by atoms with Gasteiger partial charge in [0.25, 0.3) is 10.0 Å². The predicted molar refractivity (Wildman–Crippen MR) is 131 cm³/mol. The molecule has 2 aliphatic heterocycles. The van der Waals surface area contributed by atoms with E-state index in [9.17, 15) is 13.2 Å². The standard InChI is InChI=1S/C21H23ClN4O4S3/c1-30-14-4-5-15-17(13-14)31-21(23-15)25-11-9-24(10-12-25)20(27)16-3-2-8-26(16)33(28,29)19-7-6-18(22)32-19/h4-7,13,16H,2-3,8-12H2,1H3/t16-/m0/s1. The van der Waals surface area contributed by atoms with Gasteiger partial charge in [-0.05, 0) is 43.2 Å². The zero-order chi connectivity index (χ0) is 23.2. The number of ether oxygens (including phenoxy) is 1. The molecule has 33 heavy (non-hydrogen) atoms. The SMILES string of the molecule is COc1ccc2nc(N3CCN(C(=O)[C@@H]4CCCN4S(=O)(=O)c4ccc(Cl)s4)CC3)sc2c1. The van der Waals surface area contributed by atoms with Crippen molar-refractivity contribution in [3.05, 3.63) is 34.7 Å². The third-order valence-corrected chi connectivity index (χ3v) is 10.7. The summed E-state index contributed by atoms with van der Waals surface area (Å²) in [5.41, 5.74) is 0.926. The van der Waals surface area contributed by atoms with Gasteiger partial charge in [-0.1, -0.05) is 22.9 Å². The highest BCUT2D eigenvalue weighted by Crippen LogP contribution is 2.34. The molecule has 2 aromatic heterocycles. The fourth-order valence-electron chi connectivity index (χ4n) is 4.31. The maximum absolute atomic E-state index is 13.3. The number of anilines is 1. The summed E-state index contributed by atoms with van der Waals surface area (Å²) in [6.07, 6.45) is 1.21. The molecule has 12 heteroatoms. The molecule has 0 saturated carbocycles. The topological polar surface area (TPSA) is 83.1 Å². The lowest BCUT2D eigenvalue weighted by Crippen LogP contribution is -2.54. The third kappa shape index (κ3) is 4.32. The van der Waals surface area contributed by atoms with Gasteiger partial charge in [0.05, 0.1) is 21.7 Å². The minimum Gasteiger partial charge on any atom is -0.497 e. The molecule has 0 spiro atoms. The summed E-state index contributed by atoms with van der Waals surface area (Å²) in [4.78, 5) is 22.0. The number of nitrogens with zero attached hydrogens (tertiary/aromatic N) is 4. The van der Waals surface area contributed by atoms with Gasteiger partial charge in [0.1, 0.15) is 16.0 Å². The van der Waals surface area contributed by atoms with Crippen molar-refractivity contribution in [2.75, 3.05) is 44.7 Å². The third-order valence-electron chi connectivity index (χ3n) is 6.05. The monoisotopic (exact) mass is 526 g/mol. The number of thiophene rings is 1. The van der Waals surface area contributed by atoms with Gasteiger partial charge in [-0.25, -0.2) is 13.4 Å². The minimum absolute atomic E-state index is 0.118. The first kappa shape index (κ1) is 22.9. The second-order valence-corrected chi connectivity index (χ2v) is 12.8. The first-order chi connectivity index (χ1) is 15.9. The highest BCUT2D eigenvalue weighted by atomic mass is 35.5. The number of carbonyl (C=O) groups is 1. The van der Waals surface area contributed by atoms with Crippen molar-refractivity contribution in [1.82, 2.24) is 14.2 Å². The largest absolute Gasteiger partial charge is 0.497 e. The molecule has 2 aliphatic rings. The highest BCUT2D eigenvalue weighted by molar-refractivity contribution is 7.91. The van der Waals surface area contributed by atoms with Gasteiger partial charge in [-0.3, -0.25) is 4.79 Å². The van der Waals surface area contributed by atoms with Gasteiger partial charge in [0.2, 0.25) is 5.91 Å². The van der Waals surface area contributed by atoms with Crippen LogP contribution >= 0.6 is 34.3 Å². The summed E-state index contributed by atoms with van der Waals surface area (Å²) in [6, 6.07) is 8.25. The Morgan fingerprint density at radius 1 is 1.12 bits per heavy atom. The van der Waals surface area contributed by atoms with E-state index in [1.807, 2.05) is 18.2 Å². The molecule has 0 N–H and O–H groups in total. The van der Waals surface area contributed by atoms with E-state index in [-0.39, 0.29) is 10.1 Å². The van der Waals surface area contributed by atoms with E-state index < -0.39 is 16.1 Å². The number of halogens is 1. The van der Waals surface area contributed by atoms with Crippen molar-refractivity contribution >= 4 is 65.6 Å². The quantitative estimate of drug-likeness (QED) is 0.506. The van der Waals surface area contributed by atoms with Crippen LogP contribution in [0.2, 0.25) is 4.34 Å². The van der Waals surface area contributed by atoms with Crippen LogP contribution in [0.5, 0.6) is 5.75 Å². The van der Waals surface area contributed by atoms with Gasteiger partial charge in [0.15, 0.2) is 5.13 Å². The van der Waals surface area contributed by atoms with E-state index in [2.05, 4.69) is 4.90 Å². The number of thiazole rings is 1. The number of methoxy groups -OCH3 is 1. The number of sulfonamides is 1. The maximum atomic E-state index is 13.3. The molecule has 8 nitrogen and oxygen atoms in total. The van der Waals surface area contributed by atoms with Crippen molar-refractivity contribution in [3.63, 3.8) is 0 Å². The molecule has 2 fully saturated rings. The Morgan fingerprint density at radius 3 is 2.61 bits per heavy atom. The molecule has 1 atom stereocenters. The van der Waals surface area contributed by atoms with Crippen LogP contribution in [0.4, 0.5) is 5.13 Å². The minimum atomic E-state index is -3.73. The van der Waals surface area contributed by atoms with Gasteiger partial charge in [-0.2, -0.15) is 4.31 Å². The zero-order valence-electron chi connectivity index (χ0n) is 17.9. The zero-order valence-corrected chi connectivity index (χ0v) is 21.1. The normalized spacial score (nSPS) is 20.0. The molecular formula is C21H23ClN4O4S3. The molecular weight excluding hydrogens is 504 g/mol. The lowest BCUT2D eigenvalue weighted by molar-refractivity contribution is -0.134. The Bertz CT molecular complexity index is 1280. The summed E-state index contributed by atoms with van der Waals surface area (Å²) >= 11 is 8.57. The van der Waals surface area contributed by atoms with E-state index in [1.54, 1.807) is 29.4 Å². The molecule has 4 heterocycles. The van der Waals surface area contributed by atoms with Crippen LogP contribution in [-0.2, 0) is 14.8 Å². The lowest BCUT2D eigenvalue weighted by atomic mass is 10.2. The van der Waals surface area contributed by atoms with Crippen molar-refractivity contribution in [2.45, 2.75) is 23.1 Å².